The van der Waals surface area contributed by atoms with E-state index < -0.39 is 0 Å². The third-order valence-corrected chi connectivity index (χ3v) is 3.00. The fourth-order valence-electron chi connectivity index (χ4n) is 2.09. The van der Waals surface area contributed by atoms with Gasteiger partial charge in [-0.25, -0.2) is 0 Å². The molecule has 4 heteroatoms. The van der Waals surface area contributed by atoms with Crippen molar-refractivity contribution in [1.82, 2.24) is 10.1 Å². The molecule has 0 radical (unpaired) electrons. The van der Waals surface area contributed by atoms with Crippen molar-refractivity contribution in [3.05, 3.63) is 60.8 Å². The van der Waals surface area contributed by atoms with E-state index in [2.05, 4.69) is 10.1 Å². The maximum absolute atomic E-state index is 5.78. The summed E-state index contributed by atoms with van der Waals surface area (Å²) >= 11 is 0. The lowest BCUT2D eigenvalue weighted by atomic mass is 10.2. The van der Waals surface area contributed by atoms with E-state index >= 15 is 0 Å². The normalized spacial score (nSPS) is 11.2. The van der Waals surface area contributed by atoms with E-state index in [0.29, 0.717) is 5.71 Å². The molecule has 0 saturated heterocycles. The van der Waals surface area contributed by atoms with Crippen LogP contribution in [0.25, 0.3) is 28.2 Å². The fourth-order valence-corrected chi connectivity index (χ4v) is 2.09. The smallest absolute Gasteiger partial charge is 0.364 e. The summed E-state index contributed by atoms with van der Waals surface area (Å²) in [5.74, 6) is 0.784. The number of fused-ring (bicyclic) bond motifs is 2. The molecule has 3 aromatic heterocycles. The Kier molecular flexibility index (Phi) is 2.08. The lowest BCUT2D eigenvalue weighted by Gasteiger charge is -1.92. The van der Waals surface area contributed by atoms with E-state index in [1.165, 1.54) is 0 Å². The summed E-state index contributed by atoms with van der Waals surface area (Å²) in [4.78, 5) is 4.46. The molecule has 0 fully saturated rings. The Balaban J connectivity index is 1.98. The predicted molar refractivity (Wildman–Crippen MR) is 70.4 cm³/mol. The molecule has 0 atom stereocenters. The quantitative estimate of drug-likeness (QED) is 0.486. The van der Waals surface area contributed by atoms with Crippen LogP contribution in [0.2, 0.25) is 0 Å². The van der Waals surface area contributed by atoms with Gasteiger partial charge < -0.3 is 4.42 Å². The molecule has 0 aliphatic rings. The molecule has 1 aromatic carbocycles. The average Bonchev–Trinajstić information content (AvgIpc) is 2.88. The number of furan rings is 1. The molecule has 90 valence electrons. The number of pyridine rings is 1. The number of nitrogens with zero attached hydrogens (tertiary/aromatic N) is 3. The first-order chi connectivity index (χ1) is 9.40. The molecule has 4 rings (SSSR count). The van der Waals surface area contributed by atoms with Crippen molar-refractivity contribution >= 4 is 16.9 Å². The van der Waals surface area contributed by atoms with Gasteiger partial charge in [0.1, 0.15) is 12.0 Å². The van der Waals surface area contributed by atoms with E-state index in [-0.39, 0.29) is 0 Å². The van der Waals surface area contributed by atoms with Crippen LogP contribution in [0.4, 0.5) is 0 Å². The van der Waals surface area contributed by atoms with Crippen molar-refractivity contribution in [1.29, 1.82) is 0 Å². The SMILES string of the molecule is c1ccc(-c2cc3n[n+]4ccccc4nc3o2)cc1. The Bertz CT molecular complexity index is 816. The molecule has 4 aromatic rings. The van der Waals surface area contributed by atoms with Crippen LogP contribution in [0.5, 0.6) is 0 Å². The molecular weight excluding hydrogens is 238 g/mol. The third-order valence-electron chi connectivity index (χ3n) is 3.00. The second kappa shape index (κ2) is 3.88. The molecule has 0 saturated carbocycles. The highest BCUT2D eigenvalue weighted by Gasteiger charge is 2.15. The third kappa shape index (κ3) is 1.65. The first-order valence-corrected chi connectivity index (χ1v) is 6.04. The zero-order valence-electron chi connectivity index (χ0n) is 10.0. The number of aromatic nitrogens is 3. The fraction of sp³-hybridized carbons (Fsp3) is 0. The Labute approximate surface area is 109 Å². The second-order valence-corrected chi connectivity index (χ2v) is 4.28. The standard InChI is InChI=1S/C15H10N3O/c1-2-6-11(7-3-1)13-10-12-15(19-13)16-14-8-4-5-9-18(14)17-12/h1-10H/q+1. The van der Waals surface area contributed by atoms with Crippen LogP contribution < -0.4 is 4.52 Å². The Morgan fingerprint density at radius 1 is 0.947 bits per heavy atom. The van der Waals surface area contributed by atoms with Gasteiger partial charge in [0.2, 0.25) is 5.52 Å². The highest BCUT2D eigenvalue weighted by atomic mass is 16.3. The monoisotopic (exact) mass is 248 g/mol. The van der Waals surface area contributed by atoms with E-state index in [0.717, 1.165) is 22.5 Å². The van der Waals surface area contributed by atoms with E-state index in [1.54, 1.807) is 4.52 Å². The van der Waals surface area contributed by atoms with Gasteiger partial charge in [-0.2, -0.15) is 0 Å². The lowest BCUT2D eigenvalue weighted by Crippen LogP contribution is -2.26. The molecule has 3 heterocycles. The summed E-state index contributed by atoms with van der Waals surface area (Å²) < 4.78 is 7.52. The highest BCUT2D eigenvalue weighted by molar-refractivity contribution is 5.76. The molecule has 0 amide bonds. The number of rotatable bonds is 1. The van der Waals surface area contributed by atoms with Crippen LogP contribution in [0.3, 0.4) is 0 Å². The Hall–Kier alpha value is -2.75. The van der Waals surface area contributed by atoms with Crippen LogP contribution in [0.15, 0.2) is 65.2 Å². The molecule has 0 spiro atoms. The molecule has 0 bridgehead atoms. The van der Waals surface area contributed by atoms with Gasteiger partial charge in [-0.1, -0.05) is 41.5 Å². The van der Waals surface area contributed by atoms with Crippen molar-refractivity contribution in [3.63, 3.8) is 0 Å². The van der Waals surface area contributed by atoms with Crippen molar-refractivity contribution in [2.45, 2.75) is 0 Å². The molecule has 19 heavy (non-hydrogen) atoms. The second-order valence-electron chi connectivity index (χ2n) is 4.28. The van der Waals surface area contributed by atoms with Gasteiger partial charge in [-0.15, -0.1) is 4.52 Å². The van der Waals surface area contributed by atoms with Crippen LogP contribution in [-0.2, 0) is 0 Å². The van der Waals surface area contributed by atoms with Gasteiger partial charge in [0.15, 0.2) is 0 Å². The lowest BCUT2D eigenvalue weighted by molar-refractivity contribution is -0.580. The molecular formula is C15H10N3O+. The Morgan fingerprint density at radius 2 is 1.79 bits per heavy atom. The van der Waals surface area contributed by atoms with Crippen molar-refractivity contribution in [3.8, 4) is 11.3 Å². The summed E-state index contributed by atoms with van der Waals surface area (Å²) in [5.41, 5.74) is 3.10. The van der Waals surface area contributed by atoms with Crippen LogP contribution in [0, 0.1) is 0 Å². The average molecular weight is 248 g/mol. The Morgan fingerprint density at radius 3 is 2.68 bits per heavy atom. The predicted octanol–water partition coefficient (Wildman–Crippen LogP) is 2.63. The summed E-state index contributed by atoms with van der Waals surface area (Å²) in [5, 5.41) is 4.48. The van der Waals surface area contributed by atoms with E-state index in [1.807, 2.05) is 60.8 Å². The van der Waals surface area contributed by atoms with Crippen molar-refractivity contribution in [2.75, 3.05) is 0 Å². The minimum Gasteiger partial charge on any atom is -0.418 e. The summed E-state index contributed by atoms with van der Waals surface area (Å²) in [7, 11) is 0. The van der Waals surface area contributed by atoms with Crippen LogP contribution in [-0.4, -0.2) is 10.1 Å². The summed E-state index contributed by atoms with van der Waals surface area (Å²) in [6.07, 6.45) is 1.87. The van der Waals surface area contributed by atoms with Crippen LogP contribution >= 0.6 is 0 Å². The van der Waals surface area contributed by atoms with Gasteiger partial charge in [-0.3, -0.25) is 0 Å². The topological polar surface area (TPSA) is 43.0 Å². The van der Waals surface area contributed by atoms with Crippen molar-refractivity contribution < 1.29 is 8.93 Å². The van der Waals surface area contributed by atoms with Gasteiger partial charge in [0, 0.05) is 22.7 Å². The minimum absolute atomic E-state index is 0.560. The molecule has 0 aliphatic heterocycles. The number of hydrogen-bond acceptors (Lipinski definition) is 3. The van der Waals surface area contributed by atoms with Gasteiger partial charge in [0.25, 0.3) is 0 Å². The minimum atomic E-state index is 0.560. The molecule has 0 aliphatic carbocycles. The first-order valence-electron chi connectivity index (χ1n) is 6.04. The maximum Gasteiger partial charge on any atom is 0.364 e. The first kappa shape index (κ1) is 10.2. The maximum atomic E-state index is 5.78. The zero-order chi connectivity index (χ0) is 12.7. The van der Waals surface area contributed by atoms with Gasteiger partial charge in [-0.05, 0) is 6.07 Å². The summed E-state index contributed by atoms with van der Waals surface area (Å²) in [6, 6.07) is 17.6. The van der Waals surface area contributed by atoms with Crippen LogP contribution in [0.1, 0.15) is 0 Å². The highest BCUT2D eigenvalue weighted by Crippen LogP contribution is 2.24. The van der Waals surface area contributed by atoms with Gasteiger partial charge >= 0.3 is 11.4 Å². The van der Waals surface area contributed by atoms with E-state index in [4.69, 9.17) is 4.42 Å². The van der Waals surface area contributed by atoms with Gasteiger partial charge in [0.05, 0.1) is 0 Å². The number of hydrogen-bond donors (Lipinski definition) is 0. The van der Waals surface area contributed by atoms with Crippen molar-refractivity contribution in [2.24, 2.45) is 0 Å². The molecule has 0 unspecified atom stereocenters. The number of benzene rings is 1. The van der Waals surface area contributed by atoms with E-state index in [9.17, 15) is 0 Å². The molecule has 0 N–H and O–H groups in total. The zero-order valence-corrected chi connectivity index (χ0v) is 10.0. The summed E-state index contributed by atoms with van der Waals surface area (Å²) in [6.45, 7) is 0. The largest absolute Gasteiger partial charge is 0.418 e. The molecule has 4 nitrogen and oxygen atoms in total.